The summed E-state index contributed by atoms with van der Waals surface area (Å²) < 4.78 is 42.0. The summed E-state index contributed by atoms with van der Waals surface area (Å²) in [6, 6.07) is 3.70. The van der Waals surface area contributed by atoms with Gasteiger partial charge >= 0.3 is 11.5 Å². The molecule has 0 aliphatic carbocycles. The lowest BCUT2D eigenvalue weighted by molar-refractivity contribution is -0.0328. The van der Waals surface area contributed by atoms with E-state index in [-0.39, 0.29) is 22.8 Å². The van der Waals surface area contributed by atoms with Gasteiger partial charge in [-0.2, -0.15) is 18.4 Å². The minimum Gasteiger partial charge on any atom is -0.462 e. The van der Waals surface area contributed by atoms with Crippen LogP contribution in [0.3, 0.4) is 0 Å². The topological polar surface area (TPSA) is 50.1 Å². The fraction of sp³-hybridized carbons (Fsp3) is 0.273. The molecule has 0 heterocycles. The van der Waals surface area contributed by atoms with E-state index < -0.39 is 28.1 Å². The van der Waals surface area contributed by atoms with Crippen molar-refractivity contribution in [2.24, 2.45) is 0 Å². The summed E-state index contributed by atoms with van der Waals surface area (Å²) in [7, 11) is 0. The molecule has 0 unspecified atom stereocenters. The van der Waals surface area contributed by atoms with Gasteiger partial charge in [-0.1, -0.05) is 11.6 Å². The molecule has 0 N–H and O–H groups in total. The molecule has 1 aromatic rings. The first-order valence-corrected chi connectivity index (χ1v) is 6.14. The van der Waals surface area contributed by atoms with Crippen molar-refractivity contribution in [1.29, 1.82) is 5.26 Å². The van der Waals surface area contributed by atoms with E-state index in [2.05, 4.69) is 4.74 Å². The summed E-state index contributed by atoms with van der Waals surface area (Å²) in [6.45, 7) is 1.52. The third-order valence-corrected chi connectivity index (χ3v) is 2.98. The van der Waals surface area contributed by atoms with Crippen LogP contribution in [0.2, 0.25) is 5.02 Å². The van der Waals surface area contributed by atoms with Crippen molar-refractivity contribution in [3.8, 4) is 6.07 Å². The molecule has 3 nitrogen and oxygen atoms in total. The number of halogens is 4. The quantitative estimate of drug-likeness (QED) is 0.625. The number of nitrogens with zero attached hydrogens (tertiary/aromatic N) is 1. The predicted octanol–water partition coefficient (Wildman–Crippen LogP) is 4.00. The van der Waals surface area contributed by atoms with Crippen molar-refractivity contribution in [3.63, 3.8) is 0 Å². The maximum Gasteiger partial charge on any atom is 0.446 e. The second kappa shape index (κ2) is 6.17. The smallest absolute Gasteiger partial charge is 0.446 e. The molecule has 0 fully saturated rings. The van der Waals surface area contributed by atoms with Crippen LogP contribution < -0.4 is 0 Å². The van der Waals surface area contributed by atoms with Gasteiger partial charge in [0.15, 0.2) is 0 Å². The number of esters is 1. The Hall–Kier alpha value is -1.39. The predicted molar refractivity (Wildman–Crippen MR) is 64.0 cm³/mol. The molecule has 1 aromatic carbocycles. The van der Waals surface area contributed by atoms with Crippen LogP contribution in [-0.4, -0.2) is 18.1 Å². The molecule has 0 aromatic heterocycles. The molecular weight excluding hydrogens is 303 g/mol. The summed E-state index contributed by atoms with van der Waals surface area (Å²) in [6.07, 6.45) is 0. The molecule has 0 saturated heterocycles. The zero-order valence-electron chi connectivity index (χ0n) is 9.55. The highest BCUT2D eigenvalue weighted by Crippen LogP contribution is 2.41. The number of carbonyl (C=O) groups excluding carboxylic acids is 1. The van der Waals surface area contributed by atoms with E-state index in [1.165, 1.54) is 6.92 Å². The number of nitriles is 1. The molecule has 8 heteroatoms. The fourth-order valence-corrected chi connectivity index (χ4v) is 2.18. The molecule has 0 saturated carbocycles. The standard InChI is InChI=1S/C11H7ClF3NO2S/c1-2-18-10(17)8-4-7(12)3-6(5-16)9(8)19-11(13,14)15/h3-4H,2H2,1H3. The Balaban J connectivity index is 3.38. The molecule has 0 radical (unpaired) electrons. The van der Waals surface area contributed by atoms with E-state index >= 15 is 0 Å². The lowest BCUT2D eigenvalue weighted by atomic mass is 10.1. The Morgan fingerprint density at radius 1 is 1.53 bits per heavy atom. The van der Waals surface area contributed by atoms with Crippen LogP contribution in [0, 0.1) is 11.3 Å². The van der Waals surface area contributed by atoms with E-state index in [0.29, 0.717) is 0 Å². The third-order valence-electron chi connectivity index (χ3n) is 1.89. The number of rotatable bonds is 3. The summed E-state index contributed by atoms with van der Waals surface area (Å²) >= 11 is 5.13. The van der Waals surface area contributed by atoms with Crippen molar-refractivity contribution in [1.82, 2.24) is 0 Å². The highest BCUT2D eigenvalue weighted by molar-refractivity contribution is 8.00. The van der Waals surface area contributed by atoms with Crippen LogP contribution in [0.25, 0.3) is 0 Å². The van der Waals surface area contributed by atoms with Gasteiger partial charge in [-0.3, -0.25) is 0 Å². The Morgan fingerprint density at radius 2 is 2.16 bits per heavy atom. The summed E-state index contributed by atoms with van der Waals surface area (Å²) in [5, 5.41) is 8.83. The van der Waals surface area contributed by atoms with Gasteiger partial charge in [0, 0.05) is 9.92 Å². The highest BCUT2D eigenvalue weighted by Gasteiger charge is 2.33. The van der Waals surface area contributed by atoms with Crippen LogP contribution in [-0.2, 0) is 4.74 Å². The van der Waals surface area contributed by atoms with Crippen molar-refractivity contribution < 1.29 is 22.7 Å². The average Bonchev–Trinajstić information content (AvgIpc) is 2.29. The van der Waals surface area contributed by atoms with Crippen molar-refractivity contribution >= 4 is 29.3 Å². The van der Waals surface area contributed by atoms with Crippen molar-refractivity contribution in [2.45, 2.75) is 17.3 Å². The number of hydrogen-bond acceptors (Lipinski definition) is 4. The largest absolute Gasteiger partial charge is 0.462 e. The molecule has 102 valence electrons. The number of benzene rings is 1. The van der Waals surface area contributed by atoms with Crippen LogP contribution in [0.1, 0.15) is 22.8 Å². The second-order valence-corrected chi connectivity index (χ2v) is 4.72. The number of ether oxygens (including phenoxy) is 1. The fourth-order valence-electron chi connectivity index (χ4n) is 1.26. The van der Waals surface area contributed by atoms with Gasteiger partial charge in [-0.05, 0) is 30.8 Å². The summed E-state index contributed by atoms with van der Waals surface area (Å²) in [5.41, 5.74) is -5.31. The van der Waals surface area contributed by atoms with Gasteiger partial charge in [-0.25, -0.2) is 4.79 Å². The van der Waals surface area contributed by atoms with Crippen LogP contribution in [0.5, 0.6) is 0 Å². The zero-order chi connectivity index (χ0) is 14.6. The molecule has 1 rings (SSSR count). The van der Waals surface area contributed by atoms with Gasteiger partial charge in [0.25, 0.3) is 0 Å². The number of thioether (sulfide) groups is 1. The third kappa shape index (κ3) is 4.33. The molecule has 0 aliphatic heterocycles. The van der Waals surface area contributed by atoms with Gasteiger partial charge < -0.3 is 4.74 Å². The van der Waals surface area contributed by atoms with Crippen LogP contribution in [0.15, 0.2) is 17.0 Å². The second-order valence-electron chi connectivity index (χ2n) is 3.21. The molecule has 19 heavy (non-hydrogen) atoms. The van der Waals surface area contributed by atoms with Crippen molar-refractivity contribution in [3.05, 3.63) is 28.3 Å². The van der Waals surface area contributed by atoms with Crippen LogP contribution in [0.4, 0.5) is 13.2 Å². The maximum atomic E-state index is 12.5. The minimum absolute atomic E-state index is 0.00333. The SMILES string of the molecule is CCOC(=O)c1cc(Cl)cc(C#N)c1SC(F)(F)F. The lowest BCUT2D eigenvalue weighted by Crippen LogP contribution is -2.10. The molecule has 0 aliphatic rings. The Bertz CT molecular complexity index is 540. The molecule has 0 spiro atoms. The Morgan fingerprint density at radius 3 is 2.63 bits per heavy atom. The van der Waals surface area contributed by atoms with Crippen LogP contribution >= 0.6 is 23.4 Å². The monoisotopic (exact) mass is 309 g/mol. The van der Waals surface area contributed by atoms with E-state index in [4.69, 9.17) is 16.9 Å². The summed E-state index contributed by atoms with van der Waals surface area (Å²) in [4.78, 5) is 11.1. The van der Waals surface area contributed by atoms with Gasteiger partial charge in [0.05, 0.1) is 17.7 Å². The van der Waals surface area contributed by atoms with E-state index in [1.54, 1.807) is 6.07 Å². The van der Waals surface area contributed by atoms with Gasteiger partial charge in [0.2, 0.25) is 0 Å². The first-order chi connectivity index (χ1) is 8.78. The number of alkyl halides is 3. The average molecular weight is 310 g/mol. The first-order valence-electron chi connectivity index (χ1n) is 4.95. The minimum atomic E-state index is -4.62. The normalized spacial score (nSPS) is 10.9. The Labute approximate surface area is 116 Å². The maximum absolute atomic E-state index is 12.5. The lowest BCUT2D eigenvalue weighted by Gasteiger charge is -2.12. The van der Waals surface area contributed by atoms with Gasteiger partial charge in [0.1, 0.15) is 6.07 Å². The van der Waals surface area contributed by atoms with E-state index in [1.807, 2.05) is 0 Å². The van der Waals surface area contributed by atoms with E-state index in [0.717, 1.165) is 12.1 Å². The highest BCUT2D eigenvalue weighted by atomic mass is 35.5. The first kappa shape index (κ1) is 15.7. The zero-order valence-corrected chi connectivity index (χ0v) is 11.1. The van der Waals surface area contributed by atoms with Crippen molar-refractivity contribution in [2.75, 3.05) is 6.61 Å². The number of carbonyl (C=O) groups is 1. The van der Waals surface area contributed by atoms with Gasteiger partial charge in [-0.15, -0.1) is 0 Å². The van der Waals surface area contributed by atoms with E-state index in [9.17, 15) is 18.0 Å². The molecule has 0 bridgehead atoms. The Kier molecular flexibility index (Phi) is 5.09. The number of hydrogen-bond donors (Lipinski definition) is 0. The molecular formula is C11H7ClF3NO2S. The molecule has 0 amide bonds. The summed E-state index contributed by atoms with van der Waals surface area (Å²) in [5.74, 6) is -0.951. The molecule has 0 atom stereocenters.